The predicted molar refractivity (Wildman–Crippen MR) is 93.1 cm³/mol. The molecule has 0 saturated carbocycles. The molecule has 1 N–H and O–H groups in total. The van der Waals surface area contributed by atoms with Gasteiger partial charge in [0.05, 0.1) is 5.39 Å². The summed E-state index contributed by atoms with van der Waals surface area (Å²) in [6, 6.07) is 7.05. The lowest BCUT2D eigenvalue weighted by Gasteiger charge is -2.09. The fourth-order valence-corrected chi connectivity index (χ4v) is 3.46. The van der Waals surface area contributed by atoms with Gasteiger partial charge in [-0.2, -0.15) is 22.0 Å². The molecule has 6 nitrogen and oxygen atoms in total. The highest BCUT2D eigenvalue weighted by molar-refractivity contribution is 8.00. The molecule has 1 fully saturated rings. The van der Waals surface area contributed by atoms with Crippen LogP contribution < -0.4 is 11.0 Å². The Morgan fingerprint density at radius 2 is 2.17 bits per heavy atom. The van der Waals surface area contributed by atoms with E-state index in [0.29, 0.717) is 17.3 Å². The lowest BCUT2D eigenvalue weighted by Crippen LogP contribution is -2.29. The molecular formula is C16H18N4O2S. The summed E-state index contributed by atoms with van der Waals surface area (Å²) in [4.78, 5) is 24.9. The van der Waals surface area contributed by atoms with Gasteiger partial charge in [0, 0.05) is 23.4 Å². The number of hydrogen-bond donors (Lipinski definition) is 1. The van der Waals surface area contributed by atoms with Gasteiger partial charge in [0.1, 0.15) is 0 Å². The summed E-state index contributed by atoms with van der Waals surface area (Å²) < 4.78 is 1.36. The largest absolute Gasteiger partial charge is 0.292 e. The summed E-state index contributed by atoms with van der Waals surface area (Å²) >= 11 is 1.80. The number of amides is 1. The van der Waals surface area contributed by atoms with Gasteiger partial charge in [0.15, 0.2) is 5.69 Å². The maximum Gasteiger partial charge on any atom is 0.292 e. The highest BCUT2D eigenvalue weighted by Gasteiger charge is 2.17. The van der Waals surface area contributed by atoms with Crippen molar-refractivity contribution in [2.75, 3.05) is 11.5 Å². The van der Waals surface area contributed by atoms with Gasteiger partial charge in [0.2, 0.25) is 0 Å². The van der Waals surface area contributed by atoms with E-state index < -0.39 is 0 Å². The zero-order chi connectivity index (χ0) is 16.2. The molecule has 1 aliphatic heterocycles. The van der Waals surface area contributed by atoms with Crippen LogP contribution in [0.2, 0.25) is 0 Å². The van der Waals surface area contributed by atoms with Gasteiger partial charge in [-0.05, 0) is 24.7 Å². The van der Waals surface area contributed by atoms with E-state index in [9.17, 15) is 9.59 Å². The van der Waals surface area contributed by atoms with Crippen LogP contribution >= 0.6 is 11.8 Å². The van der Waals surface area contributed by atoms with Crippen molar-refractivity contribution < 1.29 is 4.79 Å². The molecule has 1 aliphatic rings. The lowest BCUT2D eigenvalue weighted by molar-refractivity contribution is 0.0949. The number of rotatable bonds is 4. The van der Waals surface area contributed by atoms with E-state index in [1.165, 1.54) is 4.68 Å². The first-order valence-electron chi connectivity index (χ1n) is 7.64. The van der Waals surface area contributed by atoms with Crippen LogP contribution in [0.25, 0.3) is 10.8 Å². The Balaban J connectivity index is 2.01. The van der Waals surface area contributed by atoms with E-state index >= 15 is 0 Å². The van der Waals surface area contributed by atoms with Gasteiger partial charge in [-0.15, -0.1) is 0 Å². The zero-order valence-corrected chi connectivity index (χ0v) is 13.7. The van der Waals surface area contributed by atoms with Gasteiger partial charge in [-0.1, -0.05) is 25.1 Å². The van der Waals surface area contributed by atoms with Gasteiger partial charge >= 0.3 is 0 Å². The first-order valence-corrected chi connectivity index (χ1v) is 8.79. The van der Waals surface area contributed by atoms with Gasteiger partial charge in [-0.25, -0.2) is 10.1 Å². The van der Waals surface area contributed by atoms with Crippen LogP contribution in [-0.4, -0.2) is 32.9 Å². The monoisotopic (exact) mass is 330 g/mol. The molecule has 0 aliphatic carbocycles. The second-order valence-corrected chi connectivity index (χ2v) is 6.45. The van der Waals surface area contributed by atoms with E-state index in [1.54, 1.807) is 36.0 Å². The Labute approximate surface area is 138 Å². The summed E-state index contributed by atoms with van der Waals surface area (Å²) in [6.07, 6.45) is 1.67. The summed E-state index contributed by atoms with van der Waals surface area (Å²) in [5.74, 6) is 1.51. The Kier molecular flexibility index (Phi) is 4.76. The topological polar surface area (TPSA) is 76.3 Å². The third kappa shape index (κ3) is 3.29. The van der Waals surface area contributed by atoms with Gasteiger partial charge in [0.25, 0.3) is 11.5 Å². The van der Waals surface area contributed by atoms with Gasteiger partial charge < -0.3 is 0 Å². The second kappa shape index (κ2) is 6.95. The van der Waals surface area contributed by atoms with Crippen LogP contribution in [0.3, 0.4) is 0 Å². The predicted octanol–water partition coefficient (Wildman–Crippen LogP) is 2.03. The van der Waals surface area contributed by atoms with Crippen molar-refractivity contribution >= 4 is 34.2 Å². The number of thioether (sulfide) groups is 1. The van der Waals surface area contributed by atoms with Crippen LogP contribution in [0, 0.1) is 0 Å². The molecule has 23 heavy (non-hydrogen) atoms. The van der Waals surface area contributed by atoms with Crippen LogP contribution in [0.1, 0.15) is 30.3 Å². The van der Waals surface area contributed by atoms with Gasteiger partial charge in [-0.3, -0.25) is 9.59 Å². The molecule has 0 radical (unpaired) electrons. The maximum atomic E-state index is 12.5. The third-order valence-electron chi connectivity index (χ3n) is 3.64. The number of nitrogens with zero attached hydrogens (tertiary/aromatic N) is 3. The highest BCUT2D eigenvalue weighted by Crippen LogP contribution is 2.15. The summed E-state index contributed by atoms with van der Waals surface area (Å²) in [6.45, 7) is 2.45. The van der Waals surface area contributed by atoms with Crippen molar-refractivity contribution in [3.63, 3.8) is 0 Å². The minimum atomic E-state index is -0.379. The Hall–Kier alpha value is -2.15. The van der Waals surface area contributed by atoms with E-state index in [2.05, 4.69) is 15.6 Å². The van der Waals surface area contributed by atoms with Crippen LogP contribution in [-0.2, 0) is 6.54 Å². The summed E-state index contributed by atoms with van der Waals surface area (Å²) in [7, 11) is 0. The first kappa shape index (κ1) is 15.7. The van der Waals surface area contributed by atoms with Crippen LogP contribution in [0.5, 0.6) is 0 Å². The van der Waals surface area contributed by atoms with E-state index in [-0.39, 0.29) is 17.2 Å². The number of benzene rings is 1. The van der Waals surface area contributed by atoms with Crippen LogP contribution in [0.15, 0.2) is 34.2 Å². The molecule has 0 spiro atoms. The third-order valence-corrected chi connectivity index (χ3v) is 4.67. The molecule has 1 amide bonds. The average Bonchev–Trinajstić information content (AvgIpc) is 3.09. The molecule has 7 heteroatoms. The second-order valence-electron chi connectivity index (χ2n) is 5.34. The number of hydrazone groups is 1. The van der Waals surface area contributed by atoms with Crippen molar-refractivity contribution in [2.24, 2.45) is 5.10 Å². The van der Waals surface area contributed by atoms with Crippen molar-refractivity contribution in [1.82, 2.24) is 15.2 Å². The average molecular weight is 330 g/mol. The fourth-order valence-electron chi connectivity index (χ4n) is 2.49. The van der Waals surface area contributed by atoms with E-state index in [0.717, 1.165) is 30.1 Å². The molecule has 1 saturated heterocycles. The molecule has 120 valence electrons. The summed E-state index contributed by atoms with van der Waals surface area (Å²) in [5.41, 5.74) is 3.63. The Bertz CT molecular complexity index is 820. The molecular weight excluding hydrogens is 312 g/mol. The smallest absolute Gasteiger partial charge is 0.267 e. The number of aryl methyl sites for hydroxylation is 1. The molecule has 2 heterocycles. The Morgan fingerprint density at radius 1 is 1.39 bits per heavy atom. The summed E-state index contributed by atoms with van der Waals surface area (Å²) in [5, 5.41) is 9.49. The molecule has 2 aromatic rings. The van der Waals surface area contributed by atoms with Crippen molar-refractivity contribution in [1.29, 1.82) is 0 Å². The number of nitrogens with one attached hydrogen (secondary N) is 1. The molecule has 3 rings (SSSR count). The number of fused-ring (bicyclic) bond motifs is 1. The van der Waals surface area contributed by atoms with Crippen molar-refractivity contribution in [2.45, 2.75) is 26.3 Å². The molecule has 1 aromatic heterocycles. The lowest BCUT2D eigenvalue weighted by atomic mass is 10.1. The standard InChI is InChI=1S/C16H18N4O2S/c1-2-8-20-16(22)13-6-4-3-5-12(13)14(19-20)15(21)18-17-11-7-9-23-10-11/h3-6H,2,7-10H2,1H3,(H,18,21)/b17-11+. The maximum absolute atomic E-state index is 12.5. The first-order chi connectivity index (χ1) is 11.2. The number of aromatic nitrogens is 2. The van der Waals surface area contributed by atoms with Crippen molar-refractivity contribution in [3.05, 3.63) is 40.3 Å². The van der Waals surface area contributed by atoms with E-state index in [1.807, 2.05) is 6.92 Å². The van der Waals surface area contributed by atoms with E-state index in [4.69, 9.17) is 0 Å². The molecule has 0 bridgehead atoms. The van der Waals surface area contributed by atoms with Crippen LogP contribution in [0.4, 0.5) is 0 Å². The number of carbonyl (C=O) groups is 1. The highest BCUT2D eigenvalue weighted by atomic mass is 32.2. The SMILES string of the molecule is CCCn1nc(C(=O)N/N=C2\CCSC2)c2ccccc2c1=O. The zero-order valence-electron chi connectivity index (χ0n) is 12.9. The molecule has 1 aromatic carbocycles. The minimum Gasteiger partial charge on any atom is -0.267 e. The quantitative estimate of drug-likeness (QED) is 0.870. The molecule has 0 atom stereocenters. The number of carbonyl (C=O) groups excluding carboxylic acids is 1. The number of hydrogen-bond acceptors (Lipinski definition) is 5. The van der Waals surface area contributed by atoms with Crippen molar-refractivity contribution in [3.8, 4) is 0 Å². The minimum absolute atomic E-state index is 0.169. The normalized spacial score (nSPS) is 16.1. The molecule has 0 unspecified atom stereocenters. The Morgan fingerprint density at radius 3 is 2.87 bits per heavy atom. The fraction of sp³-hybridized carbons (Fsp3) is 0.375.